The molecule has 2 rings (SSSR count). The molecular formula is C14H16N2O3. The Bertz CT molecular complexity index is 590. The normalized spacial score (nSPS) is 10.2. The molecule has 0 atom stereocenters. The Morgan fingerprint density at radius 1 is 1.42 bits per heavy atom. The van der Waals surface area contributed by atoms with E-state index in [0.717, 1.165) is 5.56 Å². The number of amides is 1. The highest BCUT2D eigenvalue weighted by molar-refractivity contribution is 5.96. The van der Waals surface area contributed by atoms with Gasteiger partial charge in [0, 0.05) is 32.1 Å². The number of rotatable bonds is 4. The van der Waals surface area contributed by atoms with Crippen molar-refractivity contribution in [1.29, 1.82) is 0 Å². The van der Waals surface area contributed by atoms with Gasteiger partial charge in [-0.2, -0.15) is 0 Å². The molecule has 5 heteroatoms. The molecule has 1 aromatic heterocycles. The van der Waals surface area contributed by atoms with Crippen molar-refractivity contribution in [3.05, 3.63) is 47.8 Å². The van der Waals surface area contributed by atoms with Crippen LogP contribution in [0.25, 0.3) is 0 Å². The van der Waals surface area contributed by atoms with Crippen LogP contribution in [0.15, 0.2) is 36.7 Å². The third-order valence-corrected chi connectivity index (χ3v) is 2.80. The maximum Gasteiger partial charge on any atom is 0.255 e. The number of nitrogens with one attached hydrogen (secondary N) is 1. The predicted octanol–water partition coefficient (Wildman–Crippen LogP) is 1.67. The molecule has 1 amide bonds. The van der Waals surface area contributed by atoms with Crippen LogP contribution < -0.4 is 10.1 Å². The van der Waals surface area contributed by atoms with Crippen molar-refractivity contribution in [3.63, 3.8) is 0 Å². The van der Waals surface area contributed by atoms with Crippen molar-refractivity contribution >= 4 is 5.91 Å². The molecule has 0 saturated heterocycles. The number of phenols is 1. The second kappa shape index (κ2) is 5.48. The molecular weight excluding hydrogens is 244 g/mol. The maximum absolute atomic E-state index is 11.9. The Kier molecular flexibility index (Phi) is 3.75. The lowest BCUT2D eigenvalue weighted by Crippen LogP contribution is -2.22. The monoisotopic (exact) mass is 260 g/mol. The van der Waals surface area contributed by atoms with Crippen LogP contribution in [0.3, 0.4) is 0 Å². The van der Waals surface area contributed by atoms with Crippen molar-refractivity contribution in [2.24, 2.45) is 7.05 Å². The molecule has 0 aliphatic rings. The first-order valence-corrected chi connectivity index (χ1v) is 5.86. The molecule has 2 aromatic rings. The molecule has 0 spiro atoms. The molecule has 0 saturated carbocycles. The third-order valence-electron chi connectivity index (χ3n) is 2.80. The highest BCUT2D eigenvalue weighted by Crippen LogP contribution is 2.23. The number of hydrogen-bond donors (Lipinski definition) is 2. The molecule has 0 aliphatic carbocycles. The summed E-state index contributed by atoms with van der Waals surface area (Å²) in [6.45, 7) is 0.422. The summed E-state index contributed by atoms with van der Waals surface area (Å²) in [6.07, 6.45) is 3.83. The van der Waals surface area contributed by atoms with Crippen molar-refractivity contribution in [2.75, 3.05) is 7.11 Å². The quantitative estimate of drug-likeness (QED) is 0.879. The van der Waals surface area contributed by atoms with E-state index < -0.39 is 0 Å². The first kappa shape index (κ1) is 13.0. The molecule has 1 heterocycles. The topological polar surface area (TPSA) is 63.5 Å². The van der Waals surface area contributed by atoms with Crippen LogP contribution >= 0.6 is 0 Å². The van der Waals surface area contributed by atoms with Crippen molar-refractivity contribution in [3.8, 4) is 11.5 Å². The largest absolute Gasteiger partial charge is 0.507 e. The van der Waals surface area contributed by atoms with Crippen molar-refractivity contribution < 1.29 is 14.6 Å². The summed E-state index contributed by atoms with van der Waals surface area (Å²) in [6, 6.07) is 6.51. The van der Waals surface area contributed by atoms with E-state index in [-0.39, 0.29) is 17.2 Å². The number of aryl methyl sites for hydroxylation is 1. The zero-order valence-electron chi connectivity index (χ0n) is 10.9. The number of carbonyl (C=O) groups is 1. The van der Waals surface area contributed by atoms with Gasteiger partial charge in [-0.1, -0.05) is 0 Å². The second-order valence-electron chi connectivity index (χ2n) is 4.25. The first-order chi connectivity index (χ1) is 9.10. The van der Waals surface area contributed by atoms with Gasteiger partial charge < -0.3 is 19.7 Å². The number of hydrogen-bond acceptors (Lipinski definition) is 3. The van der Waals surface area contributed by atoms with Crippen LogP contribution in [0.5, 0.6) is 11.5 Å². The van der Waals surface area contributed by atoms with Crippen LogP contribution in [0.2, 0.25) is 0 Å². The average molecular weight is 260 g/mol. The summed E-state index contributed by atoms with van der Waals surface area (Å²) >= 11 is 0. The molecule has 0 fully saturated rings. The lowest BCUT2D eigenvalue weighted by Gasteiger charge is -2.07. The number of ether oxygens (including phenoxy) is 1. The number of carbonyl (C=O) groups excluding carboxylic acids is 1. The van der Waals surface area contributed by atoms with Gasteiger partial charge in [0.05, 0.1) is 12.7 Å². The predicted molar refractivity (Wildman–Crippen MR) is 71.2 cm³/mol. The number of aromatic hydroxyl groups is 1. The summed E-state index contributed by atoms with van der Waals surface area (Å²) in [7, 11) is 3.42. The lowest BCUT2D eigenvalue weighted by atomic mass is 10.1. The standard InChI is InChI=1S/C14H16N2O3/c1-16-6-5-10(9-16)8-15-14(18)12-4-3-11(19-2)7-13(12)17/h3-7,9,17H,8H2,1-2H3,(H,15,18). The molecule has 100 valence electrons. The number of nitrogens with zero attached hydrogens (tertiary/aromatic N) is 1. The van der Waals surface area contributed by atoms with E-state index in [4.69, 9.17) is 4.74 Å². The van der Waals surface area contributed by atoms with Crippen LogP contribution in [0, 0.1) is 0 Å². The van der Waals surface area contributed by atoms with Gasteiger partial charge >= 0.3 is 0 Å². The van der Waals surface area contributed by atoms with E-state index in [1.165, 1.54) is 19.2 Å². The Balaban J connectivity index is 2.03. The Morgan fingerprint density at radius 2 is 2.21 bits per heavy atom. The maximum atomic E-state index is 11.9. The van der Waals surface area contributed by atoms with Gasteiger partial charge in [0.15, 0.2) is 0 Å². The fourth-order valence-corrected chi connectivity index (χ4v) is 1.77. The van der Waals surface area contributed by atoms with Gasteiger partial charge in [-0.3, -0.25) is 4.79 Å². The Labute approximate surface area is 111 Å². The molecule has 0 radical (unpaired) electrons. The van der Waals surface area contributed by atoms with E-state index in [1.807, 2.05) is 30.1 Å². The van der Waals surface area contributed by atoms with Gasteiger partial charge in [-0.15, -0.1) is 0 Å². The molecule has 1 aromatic carbocycles. The van der Waals surface area contributed by atoms with E-state index in [9.17, 15) is 9.90 Å². The number of benzene rings is 1. The molecule has 5 nitrogen and oxygen atoms in total. The first-order valence-electron chi connectivity index (χ1n) is 5.86. The summed E-state index contributed by atoms with van der Waals surface area (Å²) in [5.41, 5.74) is 1.24. The van der Waals surface area contributed by atoms with Crippen LogP contribution in [0.1, 0.15) is 15.9 Å². The fraction of sp³-hybridized carbons (Fsp3) is 0.214. The van der Waals surface area contributed by atoms with Gasteiger partial charge in [0.2, 0.25) is 0 Å². The average Bonchev–Trinajstić information content (AvgIpc) is 2.81. The summed E-state index contributed by atoms with van der Waals surface area (Å²) < 4.78 is 6.88. The Morgan fingerprint density at radius 3 is 2.79 bits per heavy atom. The minimum Gasteiger partial charge on any atom is -0.507 e. The molecule has 0 bridgehead atoms. The smallest absolute Gasteiger partial charge is 0.255 e. The summed E-state index contributed by atoms with van der Waals surface area (Å²) in [5.74, 6) is 0.103. The highest BCUT2D eigenvalue weighted by atomic mass is 16.5. The molecule has 0 aliphatic heterocycles. The summed E-state index contributed by atoms with van der Waals surface area (Å²) in [4.78, 5) is 11.9. The third kappa shape index (κ3) is 3.07. The minimum absolute atomic E-state index is 0.0927. The van der Waals surface area contributed by atoms with E-state index in [0.29, 0.717) is 12.3 Å². The second-order valence-corrected chi connectivity index (χ2v) is 4.25. The van der Waals surface area contributed by atoms with Gasteiger partial charge in [0.25, 0.3) is 5.91 Å². The van der Waals surface area contributed by atoms with Crippen molar-refractivity contribution in [1.82, 2.24) is 9.88 Å². The summed E-state index contributed by atoms with van der Waals surface area (Å²) in [5, 5.41) is 12.5. The fourth-order valence-electron chi connectivity index (χ4n) is 1.77. The number of methoxy groups -OCH3 is 1. The van der Waals surface area contributed by atoms with Crippen LogP contribution in [-0.2, 0) is 13.6 Å². The zero-order chi connectivity index (χ0) is 13.8. The number of aromatic nitrogens is 1. The van der Waals surface area contributed by atoms with Gasteiger partial charge in [0.1, 0.15) is 11.5 Å². The SMILES string of the molecule is COc1ccc(C(=O)NCc2ccn(C)c2)c(O)c1. The zero-order valence-corrected chi connectivity index (χ0v) is 10.9. The van der Waals surface area contributed by atoms with Crippen LogP contribution in [0.4, 0.5) is 0 Å². The van der Waals surface area contributed by atoms with E-state index in [1.54, 1.807) is 6.07 Å². The number of phenolic OH excluding ortho intramolecular Hbond substituents is 1. The van der Waals surface area contributed by atoms with Gasteiger partial charge in [-0.25, -0.2) is 0 Å². The molecule has 0 unspecified atom stereocenters. The van der Waals surface area contributed by atoms with E-state index >= 15 is 0 Å². The molecule has 2 N–H and O–H groups in total. The van der Waals surface area contributed by atoms with Crippen LogP contribution in [-0.4, -0.2) is 22.7 Å². The van der Waals surface area contributed by atoms with Gasteiger partial charge in [-0.05, 0) is 23.8 Å². The van der Waals surface area contributed by atoms with E-state index in [2.05, 4.69) is 5.32 Å². The molecule has 19 heavy (non-hydrogen) atoms. The highest BCUT2D eigenvalue weighted by Gasteiger charge is 2.11. The van der Waals surface area contributed by atoms with Crippen molar-refractivity contribution in [2.45, 2.75) is 6.54 Å². The Hall–Kier alpha value is -2.43. The lowest BCUT2D eigenvalue weighted by molar-refractivity contribution is 0.0948. The minimum atomic E-state index is -0.316.